The Kier molecular flexibility index (Phi) is 9.10. The summed E-state index contributed by atoms with van der Waals surface area (Å²) in [4.78, 5) is 0. The molecule has 0 saturated carbocycles. The zero-order valence-electron chi connectivity index (χ0n) is 14.6. The molecule has 0 aromatic rings. The summed E-state index contributed by atoms with van der Waals surface area (Å²) in [7, 11) is -18.0. The van der Waals surface area contributed by atoms with Gasteiger partial charge in [0, 0.05) is 0 Å². The molecule has 0 unspecified atom stereocenters. The van der Waals surface area contributed by atoms with Gasteiger partial charge >= 0.3 is 5.97 Å². The van der Waals surface area contributed by atoms with E-state index in [1.54, 1.807) is 0 Å². The molecule has 26 heavy (non-hydrogen) atoms. The molecule has 0 fully saturated rings. The van der Waals surface area contributed by atoms with Crippen LogP contribution in [-0.4, -0.2) is 69.3 Å². The van der Waals surface area contributed by atoms with E-state index < -0.39 is 76.1 Å². The predicted molar refractivity (Wildman–Crippen MR) is 89.8 cm³/mol. The van der Waals surface area contributed by atoms with E-state index in [0.29, 0.717) is 0 Å². The van der Waals surface area contributed by atoms with E-state index in [1.807, 2.05) is 0 Å². The Morgan fingerprint density at radius 3 is 1.04 bits per heavy atom. The van der Waals surface area contributed by atoms with Crippen molar-refractivity contribution in [3.8, 4) is 0 Å². The van der Waals surface area contributed by atoms with E-state index in [2.05, 4.69) is 16.7 Å². The van der Waals surface area contributed by atoms with Gasteiger partial charge in [-0.05, 0) is 27.7 Å². The van der Waals surface area contributed by atoms with Crippen molar-refractivity contribution in [2.24, 2.45) is 0 Å². The van der Waals surface area contributed by atoms with Gasteiger partial charge in [0.15, 0.2) is 6.61 Å². The number of rotatable bonds is 13. The van der Waals surface area contributed by atoms with Crippen LogP contribution in [0.4, 0.5) is 0 Å². The van der Waals surface area contributed by atoms with E-state index >= 15 is 0 Å². The van der Waals surface area contributed by atoms with Crippen LogP contribution < -0.4 is 0 Å². The molecule has 0 amide bonds. The Morgan fingerprint density at radius 2 is 0.808 bits per heavy atom. The molecular weight excluding hydrogens is 440 g/mol. The zero-order chi connectivity index (χ0) is 20.9. The average molecular weight is 463 g/mol. The Morgan fingerprint density at radius 1 is 0.538 bits per heavy atom. The molecule has 0 rings (SSSR count). The first-order chi connectivity index (χ1) is 11.6. The first kappa shape index (κ1) is 25.6. The maximum Gasteiger partial charge on any atom is 0.352 e. The molecule has 16 heteroatoms. The smallest absolute Gasteiger partial charge is 0.261 e. The summed E-state index contributed by atoms with van der Waals surface area (Å²) in [6, 6.07) is 0. The minimum Gasteiger partial charge on any atom is -0.261 e. The second-order valence-corrected chi connectivity index (χ2v) is 12.1. The summed E-state index contributed by atoms with van der Waals surface area (Å²) in [6.07, 6.45) is 0. The maximum atomic E-state index is 11.8. The lowest BCUT2D eigenvalue weighted by molar-refractivity contribution is -0.258. The molecule has 0 atom stereocenters. The summed E-state index contributed by atoms with van der Waals surface area (Å²) < 4.78 is 112. The highest BCUT2D eigenvalue weighted by molar-refractivity contribution is 7.88. The molecule has 158 valence electrons. The molecule has 0 radical (unpaired) electrons. The molecule has 0 aliphatic rings. The number of hydrogen-bond donors (Lipinski definition) is 0. The molecule has 0 bridgehead atoms. The molecule has 0 aromatic carbocycles. The fraction of sp³-hybridized carbons (Fsp3) is 1.00. The van der Waals surface area contributed by atoms with E-state index in [9.17, 15) is 33.7 Å². The fourth-order valence-corrected chi connectivity index (χ4v) is 3.60. The van der Waals surface area contributed by atoms with Crippen molar-refractivity contribution in [3.05, 3.63) is 0 Å². The first-order valence-electron chi connectivity index (χ1n) is 7.24. The van der Waals surface area contributed by atoms with Crippen LogP contribution >= 0.6 is 0 Å². The van der Waals surface area contributed by atoms with Gasteiger partial charge in [-0.1, -0.05) is 0 Å². The Hall–Kier alpha value is -0.360. The van der Waals surface area contributed by atoms with Crippen molar-refractivity contribution < 1.29 is 50.4 Å². The Labute approximate surface area is 154 Å². The monoisotopic (exact) mass is 462 g/mol. The van der Waals surface area contributed by atoms with Crippen molar-refractivity contribution in [2.45, 2.75) is 33.7 Å². The molecular formula is C10H22O12S4. The van der Waals surface area contributed by atoms with Gasteiger partial charge in [0.05, 0.1) is 23.0 Å². The lowest BCUT2D eigenvalue weighted by Crippen LogP contribution is -2.49. The van der Waals surface area contributed by atoms with Gasteiger partial charge in [0.25, 0.3) is 40.5 Å². The second-order valence-electron chi connectivity index (χ2n) is 4.58. The van der Waals surface area contributed by atoms with Crippen LogP contribution in [-0.2, 0) is 57.2 Å². The van der Waals surface area contributed by atoms with Gasteiger partial charge < -0.3 is 0 Å². The van der Waals surface area contributed by atoms with Crippen LogP contribution in [0, 0.1) is 0 Å². The standard InChI is InChI=1S/C10H22O12S4/c1-5-23(11,12)19-9-10(20-24(13,14)6-2,21-25(15,16)7-3)22-26(17,18)8-4/h5-9H2,1-4H3. The quantitative estimate of drug-likeness (QED) is 0.244. The van der Waals surface area contributed by atoms with E-state index in [4.69, 9.17) is 0 Å². The van der Waals surface area contributed by atoms with E-state index in [1.165, 1.54) is 6.92 Å². The third kappa shape index (κ3) is 9.03. The molecule has 0 aliphatic heterocycles. The van der Waals surface area contributed by atoms with Crippen molar-refractivity contribution in [2.75, 3.05) is 29.6 Å². The Balaban J connectivity index is 6.30. The second kappa shape index (κ2) is 9.22. The van der Waals surface area contributed by atoms with Crippen LogP contribution in [0.5, 0.6) is 0 Å². The van der Waals surface area contributed by atoms with Crippen LogP contribution in [0.3, 0.4) is 0 Å². The van der Waals surface area contributed by atoms with Crippen LogP contribution in [0.25, 0.3) is 0 Å². The molecule has 0 heterocycles. The Bertz CT molecular complexity index is 778. The van der Waals surface area contributed by atoms with E-state index in [0.717, 1.165) is 20.8 Å². The van der Waals surface area contributed by atoms with Crippen LogP contribution in [0.2, 0.25) is 0 Å². The zero-order valence-corrected chi connectivity index (χ0v) is 17.8. The van der Waals surface area contributed by atoms with Gasteiger partial charge in [0.1, 0.15) is 0 Å². The van der Waals surface area contributed by atoms with Crippen molar-refractivity contribution in [1.29, 1.82) is 0 Å². The third-order valence-electron chi connectivity index (χ3n) is 2.59. The van der Waals surface area contributed by atoms with E-state index in [-0.39, 0.29) is 0 Å². The van der Waals surface area contributed by atoms with Gasteiger partial charge in [-0.3, -0.25) is 4.18 Å². The maximum absolute atomic E-state index is 11.8. The van der Waals surface area contributed by atoms with Crippen molar-refractivity contribution in [1.82, 2.24) is 0 Å². The summed E-state index contributed by atoms with van der Waals surface area (Å²) in [5.41, 5.74) is 0. The highest BCUT2D eigenvalue weighted by atomic mass is 32.2. The fourth-order valence-electron chi connectivity index (χ4n) is 1.12. The van der Waals surface area contributed by atoms with Gasteiger partial charge in [-0.2, -0.15) is 33.7 Å². The highest BCUT2D eigenvalue weighted by Crippen LogP contribution is 2.26. The van der Waals surface area contributed by atoms with Gasteiger partial charge in [-0.25, -0.2) is 12.5 Å². The first-order valence-corrected chi connectivity index (χ1v) is 13.5. The number of hydrogen-bond acceptors (Lipinski definition) is 12. The average Bonchev–Trinajstić information content (AvgIpc) is 2.52. The van der Waals surface area contributed by atoms with Crippen molar-refractivity contribution in [3.63, 3.8) is 0 Å². The SMILES string of the molecule is CCS(=O)(=O)OCC(OS(=O)(=O)CC)(OS(=O)(=O)CC)OS(=O)(=O)CC. The largest absolute Gasteiger partial charge is 0.352 e. The predicted octanol–water partition coefficient (Wildman–Crippen LogP) is -0.895. The summed E-state index contributed by atoms with van der Waals surface area (Å²) >= 11 is 0. The molecule has 0 spiro atoms. The third-order valence-corrected chi connectivity index (χ3v) is 7.42. The summed E-state index contributed by atoms with van der Waals surface area (Å²) in [6.45, 7) is 2.99. The lowest BCUT2D eigenvalue weighted by Gasteiger charge is -2.29. The minimum absolute atomic E-state index is 0.579. The van der Waals surface area contributed by atoms with Crippen molar-refractivity contribution >= 4 is 40.5 Å². The topological polar surface area (TPSA) is 173 Å². The van der Waals surface area contributed by atoms with Gasteiger partial charge in [0.2, 0.25) is 0 Å². The lowest BCUT2D eigenvalue weighted by atomic mass is 10.6. The molecule has 0 saturated heterocycles. The molecule has 0 N–H and O–H groups in total. The normalized spacial score (nSPS) is 14.5. The summed E-state index contributed by atoms with van der Waals surface area (Å²) in [5.74, 6) is -6.15. The molecule has 0 aromatic heterocycles. The molecule has 0 aliphatic carbocycles. The molecule has 12 nitrogen and oxygen atoms in total. The van der Waals surface area contributed by atoms with Gasteiger partial charge in [-0.15, -0.1) is 0 Å². The van der Waals surface area contributed by atoms with Crippen LogP contribution in [0.1, 0.15) is 27.7 Å². The summed E-state index contributed by atoms with van der Waals surface area (Å²) in [5, 5.41) is 0. The highest BCUT2D eigenvalue weighted by Gasteiger charge is 2.48. The minimum atomic E-state index is -4.57. The van der Waals surface area contributed by atoms with Crippen LogP contribution in [0.15, 0.2) is 0 Å².